The molecule has 2 aliphatic rings. The summed E-state index contributed by atoms with van der Waals surface area (Å²) >= 11 is 0. The Morgan fingerprint density at radius 3 is 2.56 bits per heavy atom. The van der Waals surface area contributed by atoms with E-state index in [4.69, 9.17) is 9.47 Å². The molecule has 1 spiro atoms. The van der Waals surface area contributed by atoms with Crippen molar-refractivity contribution < 1.29 is 23.9 Å². The Labute approximate surface area is 186 Å². The minimum atomic E-state index is -0.899. The third kappa shape index (κ3) is 4.37. The first-order chi connectivity index (χ1) is 15.5. The molecular weight excluding hydrogens is 412 g/mol. The molecule has 4 rings (SSSR count). The van der Waals surface area contributed by atoms with Gasteiger partial charge in [0.1, 0.15) is 12.1 Å². The van der Waals surface area contributed by atoms with Crippen LogP contribution in [0.3, 0.4) is 0 Å². The maximum atomic E-state index is 12.9. The first-order valence-electron chi connectivity index (χ1n) is 10.8. The number of urea groups is 1. The van der Waals surface area contributed by atoms with E-state index in [1.807, 2.05) is 19.1 Å². The molecule has 2 fully saturated rings. The molecule has 1 saturated carbocycles. The van der Waals surface area contributed by atoms with Gasteiger partial charge in [-0.15, -0.1) is 0 Å². The topological polar surface area (TPSA) is 110 Å². The van der Waals surface area contributed by atoms with Gasteiger partial charge < -0.3 is 14.8 Å². The van der Waals surface area contributed by atoms with Crippen LogP contribution in [0.5, 0.6) is 11.5 Å². The monoisotopic (exact) mass is 438 g/mol. The number of carbonyl (C=O) groups excluding carboxylic acids is 3. The zero-order valence-electron chi connectivity index (χ0n) is 17.9. The lowest BCUT2D eigenvalue weighted by Crippen LogP contribution is -2.50. The number of benzene rings is 1. The van der Waals surface area contributed by atoms with Crippen LogP contribution >= 0.6 is 0 Å². The van der Waals surface area contributed by atoms with Crippen LogP contribution in [0.15, 0.2) is 42.7 Å². The van der Waals surface area contributed by atoms with E-state index in [0.717, 1.165) is 29.8 Å². The highest BCUT2D eigenvalue weighted by Gasteiger charge is 2.52. The van der Waals surface area contributed by atoms with Crippen molar-refractivity contribution in [2.24, 2.45) is 0 Å². The van der Waals surface area contributed by atoms with Crippen molar-refractivity contribution in [1.29, 1.82) is 0 Å². The molecule has 9 heteroatoms. The molecule has 1 aliphatic heterocycles. The van der Waals surface area contributed by atoms with Gasteiger partial charge in [-0.25, -0.2) is 4.79 Å². The Hall–Kier alpha value is -3.62. The highest BCUT2D eigenvalue weighted by molar-refractivity contribution is 6.09. The number of hydrogen-bond acceptors (Lipinski definition) is 6. The maximum absolute atomic E-state index is 12.9. The number of nitrogens with one attached hydrogen (secondary N) is 2. The normalized spacial score (nSPS) is 17.2. The fourth-order valence-corrected chi connectivity index (χ4v) is 4.06. The summed E-state index contributed by atoms with van der Waals surface area (Å²) in [5.41, 5.74) is 2.73. The second-order valence-corrected chi connectivity index (χ2v) is 7.89. The maximum Gasteiger partial charge on any atom is 0.344 e. The van der Waals surface area contributed by atoms with Gasteiger partial charge in [-0.3, -0.25) is 20.0 Å². The summed E-state index contributed by atoms with van der Waals surface area (Å²) < 4.78 is 11.5. The van der Waals surface area contributed by atoms with Crippen molar-refractivity contribution in [1.82, 2.24) is 20.7 Å². The van der Waals surface area contributed by atoms with E-state index in [2.05, 4.69) is 15.7 Å². The Kier molecular flexibility index (Phi) is 6.25. The molecule has 9 nitrogen and oxygen atoms in total. The van der Waals surface area contributed by atoms with Crippen LogP contribution in [0.2, 0.25) is 0 Å². The van der Waals surface area contributed by atoms with Crippen molar-refractivity contribution >= 4 is 17.8 Å². The SMILES string of the molecule is CCOc1cc(C(=O)NN2C(=O)NC3(CCCCC3)C2=O)ccc1OCc1ccncc1. The Bertz CT molecular complexity index is 1000. The molecule has 0 atom stereocenters. The van der Waals surface area contributed by atoms with E-state index in [-0.39, 0.29) is 5.56 Å². The zero-order valence-corrected chi connectivity index (χ0v) is 17.9. The summed E-state index contributed by atoms with van der Waals surface area (Å²) in [5.74, 6) is -0.104. The molecule has 1 aliphatic carbocycles. The number of rotatable bonds is 7. The first kappa shape index (κ1) is 21.6. The molecule has 0 radical (unpaired) electrons. The molecule has 1 aromatic heterocycles. The van der Waals surface area contributed by atoms with E-state index < -0.39 is 23.4 Å². The van der Waals surface area contributed by atoms with E-state index in [0.29, 0.717) is 37.6 Å². The molecule has 2 heterocycles. The molecule has 32 heavy (non-hydrogen) atoms. The van der Waals surface area contributed by atoms with E-state index >= 15 is 0 Å². The Morgan fingerprint density at radius 2 is 1.84 bits per heavy atom. The molecular formula is C23H26N4O5. The molecule has 2 N–H and O–H groups in total. The lowest BCUT2D eigenvalue weighted by molar-refractivity contribution is -0.134. The average molecular weight is 438 g/mol. The molecule has 168 valence electrons. The molecule has 4 amide bonds. The quantitative estimate of drug-likeness (QED) is 0.643. The predicted molar refractivity (Wildman–Crippen MR) is 115 cm³/mol. The van der Waals surface area contributed by atoms with Crippen LogP contribution in [0, 0.1) is 0 Å². The summed E-state index contributed by atoms with van der Waals surface area (Å²) in [6, 6.07) is 7.82. The number of hydrogen-bond donors (Lipinski definition) is 2. The summed E-state index contributed by atoms with van der Waals surface area (Å²) in [6.07, 6.45) is 7.31. The minimum absolute atomic E-state index is 0.245. The van der Waals surface area contributed by atoms with Crippen LogP contribution in [0.25, 0.3) is 0 Å². The van der Waals surface area contributed by atoms with Gasteiger partial charge in [0.25, 0.3) is 11.8 Å². The predicted octanol–water partition coefficient (Wildman–Crippen LogP) is 2.96. The number of imide groups is 1. The van der Waals surface area contributed by atoms with Gasteiger partial charge in [-0.2, -0.15) is 5.01 Å². The Morgan fingerprint density at radius 1 is 1.09 bits per heavy atom. The smallest absolute Gasteiger partial charge is 0.344 e. The van der Waals surface area contributed by atoms with Gasteiger partial charge >= 0.3 is 6.03 Å². The fourth-order valence-electron chi connectivity index (χ4n) is 4.06. The van der Waals surface area contributed by atoms with Gasteiger partial charge in [0, 0.05) is 18.0 Å². The van der Waals surface area contributed by atoms with Crippen molar-refractivity contribution in [3.63, 3.8) is 0 Å². The van der Waals surface area contributed by atoms with E-state index in [1.165, 1.54) is 6.07 Å². The highest BCUT2D eigenvalue weighted by Crippen LogP contribution is 2.33. The van der Waals surface area contributed by atoms with Crippen LogP contribution in [-0.4, -0.2) is 40.0 Å². The second kappa shape index (κ2) is 9.25. The van der Waals surface area contributed by atoms with Gasteiger partial charge in [-0.05, 0) is 55.7 Å². The van der Waals surface area contributed by atoms with Crippen molar-refractivity contribution in [2.75, 3.05) is 6.61 Å². The summed E-state index contributed by atoms with van der Waals surface area (Å²) in [7, 11) is 0. The Balaban J connectivity index is 1.46. The van der Waals surface area contributed by atoms with Crippen molar-refractivity contribution in [3.8, 4) is 11.5 Å². The van der Waals surface area contributed by atoms with Crippen molar-refractivity contribution in [3.05, 3.63) is 53.9 Å². The van der Waals surface area contributed by atoms with Crippen LogP contribution in [-0.2, 0) is 11.4 Å². The van der Waals surface area contributed by atoms with Gasteiger partial charge in [-0.1, -0.05) is 19.3 Å². The number of aromatic nitrogens is 1. The number of ether oxygens (including phenoxy) is 2. The standard InChI is InChI=1S/C23H26N4O5/c1-2-31-19-14-17(6-7-18(19)32-15-16-8-12-24-13-9-16)20(28)26-27-21(29)23(25-22(27)30)10-4-3-5-11-23/h6-9,12-14H,2-5,10-11,15H2,1H3,(H,25,30)(H,26,28). The molecule has 1 aromatic carbocycles. The van der Waals surface area contributed by atoms with Gasteiger partial charge in [0.15, 0.2) is 11.5 Å². The number of carbonyl (C=O) groups is 3. The summed E-state index contributed by atoms with van der Waals surface area (Å²) in [6.45, 7) is 2.53. The second-order valence-electron chi connectivity index (χ2n) is 7.89. The third-order valence-corrected chi connectivity index (χ3v) is 5.73. The zero-order chi connectivity index (χ0) is 22.6. The lowest BCUT2D eigenvalue weighted by atomic mass is 9.82. The lowest BCUT2D eigenvalue weighted by Gasteiger charge is -2.30. The molecule has 0 bridgehead atoms. The average Bonchev–Trinajstić information content (AvgIpc) is 3.03. The van der Waals surface area contributed by atoms with E-state index in [1.54, 1.807) is 24.5 Å². The number of nitrogens with zero attached hydrogens (tertiary/aromatic N) is 2. The fraction of sp³-hybridized carbons (Fsp3) is 0.391. The number of pyridine rings is 1. The highest BCUT2D eigenvalue weighted by atomic mass is 16.5. The molecule has 1 saturated heterocycles. The van der Waals surface area contributed by atoms with Gasteiger partial charge in [0.2, 0.25) is 0 Å². The van der Waals surface area contributed by atoms with Gasteiger partial charge in [0.05, 0.1) is 6.61 Å². The van der Waals surface area contributed by atoms with Crippen LogP contribution in [0.1, 0.15) is 54.9 Å². The summed E-state index contributed by atoms with van der Waals surface area (Å²) in [4.78, 5) is 42.1. The number of amides is 4. The molecule has 2 aromatic rings. The third-order valence-electron chi connectivity index (χ3n) is 5.73. The number of hydrazine groups is 1. The van der Waals surface area contributed by atoms with Crippen LogP contribution in [0.4, 0.5) is 4.79 Å². The van der Waals surface area contributed by atoms with Crippen LogP contribution < -0.4 is 20.2 Å². The van der Waals surface area contributed by atoms with Crippen molar-refractivity contribution in [2.45, 2.75) is 51.2 Å². The molecule has 0 unspecified atom stereocenters. The largest absolute Gasteiger partial charge is 0.490 e. The van der Waals surface area contributed by atoms with E-state index in [9.17, 15) is 14.4 Å². The minimum Gasteiger partial charge on any atom is -0.490 e. The summed E-state index contributed by atoms with van der Waals surface area (Å²) in [5, 5.41) is 3.57. The first-order valence-corrected chi connectivity index (χ1v) is 10.8.